The SMILES string of the molecule is Nc1nc(N2CCNCC2)c(Cl)cc1Cl. The van der Waals surface area contributed by atoms with Gasteiger partial charge in [0.15, 0.2) is 0 Å². The largest absolute Gasteiger partial charge is 0.382 e. The van der Waals surface area contributed by atoms with E-state index in [9.17, 15) is 0 Å². The lowest BCUT2D eigenvalue weighted by Gasteiger charge is -2.29. The van der Waals surface area contributed by atoms with Crippen molar-refractivity contribution < 1.29 is 0 Å². The third-order valence-electron chi connectivity index (χ3n) is 2.35. The van der Waals surface area contributed by atoms with Crippen LogP contribution in [0.3, 0.4) is 0 Å². The highest BCUT2D eigenvalue weighted by Gasteiger charge is 2.16. The third-order valence-corrected chi connectivity index (χ3v) is 2.94. The number of aromatic nitrogens is 1. The van der Waals surface area contributed by atoms with Gasteiger partial charge in [-0.1, -0.05) is 23.2 Å². The molecule has 1 aliphatic heterocycles. The van der Waals surface area contributed by atoms with Gasteiger partial charge >= 0.3 is 0 Å². The normalized spacial score (nSPS) is 16.8. The Hall–Kier alpha value is -0.710. The molecule has 0 spiro atoms. The summed E-state index contributed by atoms with van der Waals surface area (Å²) in [5.41, 5.74) is 5.65. The number of halogens is 2. The molecule has 4 nitrogen and oxygen atoms in total. The fourth-order valence-corrected chi connectivity index (χ4v) is 2.05. The van der Waals surface area contributed by atoms with Crippen LogP contribution in [-0.2, 0) is 0 Å². The van der Waals surface area contributed by atoms with Crippen LogP contribution in [0.5, 0.6) is 0 Å². The number of rotatable bonds is 1. The van der Waals surface area contributed by atoms with Crippen molar-refractivity contribution in [2.45, 2.75) is 0 Å². The fraction of sp³-hybridized carbons (Fsp3) is 0.444. The zero-order valence-corrected chi connectivity index (χ0v) is 9.65. The molecule has 0 aliphatic carbocycles. The summed E-state index contributed by atoms with van der Waals surface area (Å²) in [6, 6.07) is 1.64. The number of anilines is 2. The average Bonchev–Trinajstić information content (AvgIpc) is 2.25. The molecule has 2 heterocycles. The fourth-order valence-electron chi connectivity index (χ4n) is 1.57. The molecule has 1 saturated heterocycles. The summed E-state index contributed by atoms with van der Waals surface area (Å²) in [5.74, 6) is 1.05. The minimum absolute atomic E-state index is 0.328. The lowest BCUT2D eigenvalue weighted by Crippen LogP contribution is -2.44. The molecule has 82 valence electrons. The monoisotopic (exact) mass is 246 g/mol. The lowest BCUT2D eigenvalue weighted by atomic mass is 10.3. The molecule has 0 saturated carbocycles. The zero-order chi connectivity index (χ0) is 10.8. The summed E-state index contributed by atoms with van der Waals surface area (Å²) in [7, 11) is 0. The summed E-state index contributed by atoms with van der Waals surface area (Å²) in [6.07, 6.45) is 0. The first-order chi connectivity index (χ1) is 7.18. The molecular weight excluding hydrogens is 235 g/mol. The molecule has 15 heavy (non-hydrogen) atoms. The van der Waals surface area contributed by atoms with Gasteiger partial charge in [0.25, 0.3) is 0 Å². The van der Waals surface area contributed by atoms with E-state index >= 15 is 0 Å². The number of nitrogen functional groups attached to an aromatic ring is 1. The Bertz CT molecular complexity index is 363. The summed E-state index contributed by atoms with van der Waals surface area (Å²) in [6.45, 7) is 3.63. The molecular formula is C9H12Cl2N4. The van der Waals surface area contributed by atoms with Crippen LogP contribution >= 0.6 is 23.2 Å². The summed E-state index contributed by atoms with van der Waals surface area (Å²) in [4.78, 5) is 6.31. The van der Waals surface area contributed by atoms with Crippen molar-refractivity contribution >= 4 is 34.8 Å². The minimum Gasteiger partial charge on any atom is -0.382 e. The van der Waals surface area contributed by atoms with E-state index < -0.39 is 0 Å². The van der Waals surface area contributed by atoms with Gasteiger partial charge in [0.05, 0.1) is 10.0 Å². The highest BCUT2D eigenvalue weighted by Crippen LogP contribution is 2.29. The molecule has 1 aliphatic rings. The van der Waals surface area contributed by atoms with Crippen molar-refractivity contribution in [3.05, 3.63) is 16.1 Å². The van der Waals surface area contributed by atoms with E-state index in [-0.39, 0.29) is 0 Å². The van der Waals surface area contributed by atoms with Crippen LogP contribution in [0.2, 0.25) is 10.0 Å². The number of piperazine rings is 1. The van der Waals surface area contributed by atoms with Crippen molar-refractivity contribution in [1.82, 2.24) is 10.3 Å². The van der Waals surface area contributed by atoms with Gasteiger partial charge in [0.1, 0.15) is 11.6 Å². The molecule has 0 bridgehead atoms. The molecule has 3 N–H and O–H groups in total. The van der Waals surface area contributed by atoms with Gasteiger partial charge in [-0.15, -0.1) is 0 Å². The molecule has 2 rings (SSSR count). The highest BCUT2D eigenvalue weighted by molar-refractivity contribution is 6.37. The Kier molecular flexibility index (Phi) is 3.19. The van der Waals surface area contributed by atoms with Gasteiger partial charge in [-0.25, -0.2) is 4.98 Å². The predicted octanol–water partition coefficient (Wildman–Crippen LogP) is 1.38. The minimum atomic E-state index is 0.328. The van der Waals surface area contributed by atoms with Gasteiger partial charge in [-0.3, -0.25) is 0 Å². The van der Waals surface area contributed by atoms with E-state index in [2.05, 4.69) is 15.2 Å². The molecule has 0 radical (unpaired) electrons. The number of nitrogens with two attached hydrogens (primary N) is 1. The third kappa shape index (κ3) is 2.27. The highest BCUT2D eigenvalue weighted by atomic mass is 35.5. The molecule has 0 atom stereocenters. The summed E-state index contributed by atoms with van der Waals surface area (Å²) in [5, 5.41) is 4.21. The van der Waals surface area contributed by atoms with E-state index in [1.807, 2.05) is 0 Å². The maximum absolute atomic E-state index is 6.07. The first kappa shape index (κ1) is 10.8. The topological polar surface area (TPSA) is 54.2 Å². The summed E-state index contributed by atoms with van der Waals surface area (Å²) < 4.78 is 0. The maximum atomic E-state index is 6.07. The predicted molar refractivity (Wildman–Crippen MR) is 63.8 cm³/mol. The number of nitrogens with one attached hydrogen (secondary N) is 1. The quantitative estimate of drug-likeness (QED) is 0.787. The van der Waals surface area contributed by atoms with Gasteiger partial charge in [-0.2, -0.15) is 0 Å². The van der Waals surface area contributed by atoms with Crippen molar-refractivity contribution in [3.63, 3.8) is 0 Å². The number of pyridine rings is 1. The molecule has 6 heteroatoms. The van der Waals surface area contributed by atoms with E-state index in [4.69, 9.17) is 28.9 Å². The average molecular weight is 247 g/mol. The Balaban J connectivity index is 2.30. The zero-order valence-electron chi connectivity index (χ0n) is 8.13. The number of hydrogen-bond donors (Lipinski definition) is 2. The van der Waals surface area contributed by atoms with Crippen LogP contribution < -0.4 is 16.0 Å². The molecule has 0 amide bonds. The maximum Gasteiger partial charge on any atom is 0.150 e. The van der Waals surface area contributed by atoms with E-state index in [0.717, 1.165) is 32.0 Å². The van der Waals surface area contributed by atoms with Crippen LogP contribution in [0, 0.1) is 0 Å². The van der Waals surface area contributed by atoms with Crippen molar-refractivity contribution in [1.29, 1.82) is 0 Å². The second-order valence-electron chi connectivity index (χ2n) is 3.40. The first-order valence-electron chi connectivity index (χ1n) is 4.75. The lowest BCUT2D eigenvalue weighted by molar-refractivity contribution is 0.585. The smallest absolute Gasteiger partial charge is 0.150 e. The second-order valence-corrected chi connectivity index (χ2v) is 4.21. The van der Waals surface area contributed by atoms with Gasteiger partial charge in [0, 0.05) is 26.2 Å². The van der Waals surface area contributed by atoms with Gasteiger partial charge < -0.3 is 16.0 Å². The number of hydrogen-bond acceptors (Lipinski definition) is 4. The van der Waals surface area contributed by atoms with Crippen molar-refractivity contribution in [3.8, 4) is 0 Å². The molecule has 1 fully saturated rings. The first-order valence-corrected chi connectivity index (χ1v) is 5.51. The van der Waals surface area contributed by atoms with E-state index in [1.165, 1.54) is 0 Å². The van der Waals surface area contributed by atoms with Crippen LogP contribution in [0.4, 0.5) is 11.6 Å². The van der Waals surface area contributed by atoms with Crippen LogP contribution in [0.25, 0.3) is 0 Å². The Morgan fingerprint density at radius 2 is 1.93 bits per heavy atom. The van der Waals surface area contributed by atoms with Crippen LogP contribution in [0.1, 0.15) is 0 Å². The van der Waals surface area contributed by atoms with E-state index in [1.54, 1.807) is 6.07 Å². The molecule has 1 aromatic rings. The molecule has 1 aromatic heterocycles. The van der Waals surface area contributed by atoms with Gasteiger partial charge in [0.2, 0.25) is 0 Å². The second kappa shape index (κ2) is 4.43. The van der Waals surface area contributed by atoms with Crippen molar-refractivity contribution in [2.75, 3.05) is 36.8 Å². The number of nitrogens with zero attached hydrogens (tertiary/aromatic N) is 2. The van der Waals surface area contributed by atoms with Gasteiger partial charge in [-0.05, 0) is 6.07 Å². The van der Waals surface area contributed by atoms with Crippen LogP contribution in [-0.4, -0.2) is 31.2 Å². The van der Waals surface area contributed by atoms with E-state index in [0.29, 0.717) is 15.9 Å². The Labute approximate surface area is 98.4 Å². The Morgan fingerprint density at radius 1 is 1.27 bits per heavy atom. The van der Waals surface area contributed by atoms with Crippen molar-refractivity contribution in [2.24, 2.45) is 0 Å². The van der Waals surface area contributed by atoms with Crippen LogP contribution in [0.15, 0.2) is 6.07 Å². The molecule has 0 aromatic carbocycles. The standard InChI is InChI=1S/C9H12Cl2N4/c10-6-5-7(11)9(14-8(6)12)15-3-1-13-2-4-15/h5,13H,1-4H2,(H2,12,14). The Morgan fingerprint density at radius 3 is 2.60 bits per heavy atom. The molecule has 0 unspecified atom stereocenters. The summed E-state index contributed by atoms with van der Waals surface area (Å²) >= 11 is 11.9.